The Hall–Kier alpha value is -2.75. The molecule has 0 atom stereocenters. The fraction of sp³-hybridized carbons (Fsp3) is 0.0625. The van der Waals surface area contributed by atoms with E-state index in [1.165, 1.54) is 0 Å². The molecule has 0 aliphatic rings. The first-order valence-corrected chi connectivity index (χ1v) is 6.42. The van der Waals surface area contributed by atoms with Gasteiger partial charge in [0.05, 0.1) is 12.2 Å². The van der Waals surface area contributed by atoms with Crippen LogP contribution in [0.15, 0.2) is 65.5 Å². The van der Waals surface area contributed by atoms with E-state index in [1.807, 2.05) is 54.6 Å². The van der Waals surface area contributed by atoms with Crippen molar-refractivity contribution < 1.29 is 0 Å². The fourth-order valence-electron chi connectivity index (χ4n) is 2.13. The van der Waals surface area contributed by atoms with E-state index in [9.17, 15) is 4.79 Å². The largest absolute Gasteiger partial charge is 0.399 e. The summed E-state index contributed by atoms with van der Waals surface area (Å²) in [6.07, 6.45) is 0. The van der Waals surface area contributed by atoms with E-state index >= 15 is 0 Å². The predicted octanol–water partition coefficient (Wildman–Crippen LogP) is 2.47. The number of nitrogens with two attached hydrogens (primary N) is 1. The van der Waals surface area contributed by atoms with E-state index < -0.39 is 0 Å². The van der Waals surface area contributed by atoms with Gasteiger partial charge in [0.1, 0.15) is 0 Å². The number of nitrogen functional groups attached to an aromatic ring is 1. The van der Waals surface area contributed by atoms with Crippen molar-refractivity contribution in [2.75, 3.05) is 5.73 Å². The highest BCUT2D eigenvalue weighted by atomic mass is 16.1. The molecule has 3 rings (SSSR count). The van der Waals surface area contributed by atoms with E-state index in [0.29, 0.717) is 12.2 Å². The quantitative estimate of drug-likeness (QED) is 0.714. The monoisotopic (exact) mass is 265 g/mol. The molecule has 0 bridgehead atoms. The normalized spacial score (nSPS) is 10.6. The summed E-state index contributed by atoms with van der Waals surface area (Å²) >= 11 is 0. The molecule has 0 spiro atoms. The van der Waals surface area contributed by atoms with Crippen LogP contribution >= 0.6 is 0 Å². The number of hydrogen-bond acceptors (Lipinski definition) is 2. The van der Waals surface area contributed by atoms with Gasteiger partial charge in [-0.25, -0.2) is 4.68 Å². The molecule has 2 aromatic carbocycles. The number of nitrogens with one attached hydrogen (secondary N) is 1. The molecule has 0 aliphatic carbocycles. The zero-order valence-electron chi connectivity index (χ0n) is 10.9. The Balaban J connectivity index is 1.91. The van der Waals surface area contributed by atoms with Crippen molar-refractivity contribution in [3.63, 3.8) is 0 Å². The Morgan fingerprint density at radius 1 is 1.00 bits per heavy atom. The van der Waals surface area contributed by atoms with Crippen LogP contribution in [0.5, 0.6) is 0 Å². The standard InChI is InChI=1S/C16H15N3O/c17-14-8-6-13(7-9-14)15-10-16(20)19(18-15)11-12-4-2-1-3-5-12/h1-10,18H,11,17H2. The molecule has 0 fully saturated rings. The van der Waals surface area contributed by atoms with Crippen molar-refractivity contribution in [3.8, 4) is 11.3 Å². The van der Waals surface area contributed by atoms with Gasteiger partial charge < -0.3 is 5.73 Å². The number of hydrogen-bond donors (Lipinski definition) is 2. The highest BCUT2D eigenvalue weighted by molar-refractivity contribution is 5.61. The summed E-state index contributed by atoms with van der Waals surface area (Å²) in [4.78, 5) is 12.0. The first-order chi connectivity index (χ1) is 9.72. The van der Waals surface area contributed by atoms with Gasteiger partial charge in [-0.05, 0) is 23.3 Å². The van der Waals surface area contributed by atoms with Gasteiger partial charge in [-0.15, -0.1) is 0 Å². The molecule has 1 heterocycles. The number of benzene rings is 2. The minimum Gasteiger partial charge on any atom is -0.399 e. The van der Waals surface area contributed by atoms with E-state index in [1.54, 1.807) is 10.7 Å². The zero-order valence-corrected chi connectivity index (χ0v) is 10.9. The van der Waals surface area contributed by atoms with Gasteiger partial charge in [-0.2, -0.15) is 0 Å². The molecular weight excluding hydrogens is 250 g/mol. The number of rotatable bonds is 3. The molecule has 1 aromatic heterocycles. The van der Waals surface area contributed by atoms with Crippen molar-refractivity contribution in [2.45, 2.75) is 6.54 Å². The van der Waals surface area contributed by atoms with Crippen molar-refractivity contribution in [1.82, 2.24) is 9.78 Å². The molecule has 0 aliphatic heterocycles. The van der Waals surface area contributed by atoms with Gasteiger partial charge in [0, 0.05) is 11.8 Å². The average Bonchev–Trinajstić information content (AvgIpc) is 2.82. The van der Waals surface area contributed by atoms with Gasteiger partial charge in [-0.1, -0.05) is 42.5 Å². The van der Waals surface area contributed by atoms with Crippen molar-refractivity contribution >= 4 is 5.69 Å². The Bertz CT molecular complexity index is 754. The van der Waals surface area contributed by atoms with Crippen LogP contribution in [0, 0.1) is 0 Å². The van der Waals surface area contributed by atoms with E-state index in [2.05, 4.69) is 5.10 Å². The second-order valence-electron chi connectivity index (χ2n) is 4.70. The van der Waals surface area contributed by atoms with Crippen molar-refractivity contribution in [3.05, 3.63) is 76.6 Å². The Labute approximate surface area is 116 Å². The van der Waals surface area contributed by atoms with Gasteiger partial charge >= 0.3 is 0 Å². The van der Waals surface area contributed by atoms with Crippen LogP contribution in [-0.2, 0) is 6.54 Å². The maximum Gasteiger partial charge on any atom is 0.267 e. The Kier molecular flexibility index (Phi) is 3.13. The van der Waals surface area contributed by atoms with E-state index in [4.69, 9.17) is 5.73 Å². The van der Waals surface area contributed by atoms with Crippen LogP contribution in [0.2, 0.25) is 0 Å². The third-order valence-electron chi connectivity index (χ3n) is 3.19. The minimum absolute atomic E-state index is 0.0410. The topological polar surface area (TPSA) is 63.8 Å². The molecule has 0 radical (unpaired) electrons. The number of aromatic nitrogens is 2. The van der Waals surface area contributed by atoms with E-state index in [-0.39, 0.29) is 5.56 Å². The molecular formula is C16H15N3O. The molecule has 4 nitrogen and oxygen atoms in total. The predicted molar refractivity (Wildman–Crippen MR) is 80.4 cm³/mol. The summed E-state index contributed by atoms with van der Waals surface area (Å²) in [6.45, 7) is 0.536. The van der Waals surface area contributed by atoms with Gasteiger partial charge in [0.2, 0.25) is 0 Å². The molecule has 4 heteroatoms. The Morgan fingerprint density at radius 3 is 2.40 bits per heavy atom. The lowest BCUT2D eigenvalue weighted by molar-refractivity contribution is 0.666. The lowest BCUT2D eigenvalue weighted by Gasteiger charge is -2.03. The van der Waals surface area contributed by atoms with Gasteiger partial charge in [-0.3, -0.25) is 9.89 Å². The van der Waals surface area contributed by atoms with Crippen molar-refractivity contribution in [1.29, 1.82) is 0 Å². The summed E-state index contributed by atoms with van der Waals surface area (Å²) < 4.78 is 1.60. The molecule has 0 unspecified atom stereocenters. The fourth-order valence-corrected chi connectivity index (χ4v) is 2.13. The second kappa shape index (κ2) is 5.09. The average molecular weight is 265 g/mol. The Morgan fingerprint density at radius 2 is 1.70 bits per heavy atom. The van der Waals surface area contributed by atoms with Gasteiger partial charge in [0.15, 0.2) is 0 Å². The summed E-state index contributed by atoms with van der Waals surface area (Å²) in [6, 6.07) is 18.9. The van der Waals surface area contributed by atoms with E-state index in [0.717, 1.165) is 16.8 Å². The smallest absolute Gasteiger partial charge is 0.267 e. The van der Waals surface area contributed by atoms with Crippen LogP contribution in [0.1, 0.15) is 5.56 Å². The lowest BCUT2D eigenvalue weighted by atomic mass is 10.1. The van der Waals surface area contributed by atoms with Crippen LogP contribution in [0.4, 0.5) is 5.69 Å². The zero-order chi connectivity index (χ0) is 13.9. The summed E-state index contributed by atoms with van der Waals surface area (Å²) in [5, 5.41) is 3.13. The highest BCUT2D eigenvalue weighted by Crippen LogP contribution is 2.17. The molecule has 3 aromatic rings. The number of H-pyrrole nitrogens is 1. The number of nitrogens with zero attached hydrogens (tertiary/aromatic N) is 1. The summed E-state index contributed by atoms with van der Waals surface area (Å²) in [5.74, 6) is 0. The van der Waals surface area contributed by atoms with Crippen LogP contribution in [-0.4, -0.2) is 9.78 Å². The molecule has 0 saturated heterocycles. The molecule has 100 valence electrons. The summed E-state index contributed by atoms with van der Waals surface area (Å²) in [5.41, 5.74) is 9.16. The molecule has 20 heavy (non-hydrogen) atoms. The SMILES string of the molecule is Nc1ccc(-c2cc(=O)n(Cc3ccccc3)[nH]2)cc1. The first-order valence-electron chi connectivity index (χ1n) is 6.42. The third-order valence-corrected chi connectivity index (χ3v) is 3.19. The highest BCUT2D eigenvalue weighted by Gasteiger charge is 2.05. The molecule has 0 saturated carbocycles. The van der Waals surface area contributed by atoms with Gasteiger partial charge in [0.25, 0.3) is 5.56 Å². The minimum atomic E-state index is -0.0410. The maximum absolute atomic E-state index is 12.0. The molecule has 3 N–H and O–H groups in total. The van der Waals surface area contributed by atoms with Crippen LogP contribution in [0.25, 0.3) is 11.3 Å². The first kappa shape index (κ1) is 12.3. The van der Waals surface area contributed by atoms with Crippen LogP contribution < -0.4 is 11.3 Å². The number of aromatic amines is 1. The van der Waals surface area contributed by atoms with Crippen molar-refractivity contribution in [2.24, 2.45) is 0 Å². The van der Waals surface area contributed by atoms with Crippen LogP contribution in [0.3, 0.4) is 0 Å². The third kappa shape index (κ3) is 2.49. The lowest BCUT2D eigenvalue weighted by Crippen LogP contribution is -2.16. The maximum atomic E-state index is 12.0. The molecule has 0 amide bonds. The summed E-state index contributed by atoms with van der Waals surface area (Å²) in [7, 11) is 0. The number of anilines is 1. The second-order valence-corrected chi connectivity index (χ2v) is 4.70.